The van der Waals surface area contributed by atoms with E-state index in [2.05, 4.69) is 10.6 Å². The summed E-state index contributed by atoms with van der Waals surface area (Å²) in [5, 5.41) is 4.68. The molecule has 4 amide bonds. The van der Waals surface area contributed by atoms with Crippen molar-refractivity contribution in [2.75, 3.05) is 12.4 Å². The second kappa shape index (κ2) is 7.42. The van der Waals surface area contributed by atoms with Crippen LogP contribution in [0.2, 0.25) is 0 Å². The van der Waals surface area contributed by atoms with Crippen molar-refractivity contribution >= 4 is 35.6 Å². The van der Waals surface area contributed by atoms with Gasteiger partial charge < -0.3 is 15.0 Å². The smallest absolute Gasteiger partial charge is 0.330 e. The Kier molecular flexibility index (Phi) is 5.74. The monoisotopic (exact) mass is 357 g/mol. The minimum atomic E-state index is -0.703. The lowest BCUT2D eigenvalue weighted by Crippen LogP contribution is -2.48. The summed E-state index contributed by atoms with van der Waals surface area (Å²) in [7, 11) is 0. The van der Waals surface area contributed by atoms with Gasteiger partial charge in [0.15, 0.2) is 6.61 Å². The van der Waals surface area contributed by atoms with Gasteiger partial charge in [0.25, 0.3) is 5.91 Å². The Balaban J connectivity index is 1.80. The maximum atomic E-state index is 12.2. The van der Waals surface area contributed by atoms with E-state index in [-0.39, 0.29) is 16.8 Å². The number of carbonyl (C=O) groups excluding carboxylic acids is 4. The van der Waals surface area contributed by atoms with Crippen molar-refractivity contribution in [3.63, 3.8) is 0 Å². The summed E-state index contributed by atoms with van der Waals surface area (Å²) in [4.78, 5) is 48.5. The molecular formula is C15H23N3O5S. The Morgan fingerprint density at radius 3 is 2.83 bits per heavy atom. The van der Waals surface area contributed by atoms with Crippen LogP contribution in [0.3, 0.4) is 0 Å². The van der Waals surface area contributed by atoms with Gasteiger partial charge in [-0.1, -0.05) is 6.92 Å². The van der Waals surface area contributed by atoms with E-state index in [1.807, 2.05) is 20.8 Å². The van der Waals surface area contributed by atoms with Gasteiger partial charge in [0.1, 0.15) is 6.04 Å². The molecule has 2 fully saturated rings. The Labute approximate surface area is 145 Å². The molecule has 0 saturated carbocycles. The van der Waals surface area contributed by atoms with Crippen LogP contribution in [0.5, 0.6) is 0 Å². The molecule has 3 atom stereocenters. The molecule has 2 saturated heterocycles. The first-order chi connectivity index (χ1) is 11.3. The third-order valence-corrected chi connectivity index (χ3v) is 5.81. The highest BCUT2D eigenvalue weighted by Crippen LogP contribution is 2.47. The van der Waals surface area contributed by atoms with E-state index in [4.69, 9.17) is 4.74 Å². The zero-order valence-corrected chi connectivity index (χ0v) is 14.9. The van der Waals surface area contributed by atoms with E-state index in [1.165, 1.54) is 0 Å². The summed E-state index contributed by atoms with van der Waals surface area (Å²) in [6.07, 6.45) is 1.86. The van der Waals surface area contributed by atoms with Crippen molar-refractivity contribution in [1.82, 2.24) is 15.5 Å². The van der Waals surface area contributed by atoms with Crippen molar-refractivity contribution in [3.05, 3.63) is 0 Å². The molecule has 0 aromatic heterocycles. The van der Waals surface area contributed by atoms with Gasteiger partial charge in [0, 0.05) is 18.2 Å². The maximum Gasteiger partial charge on any atom is 0.330 e. The topological polar surface area (TPSA) is 105 Å². The number of urea groups is 1. The molecule has 24 heavy (non-hydrogen) atoms. The molecule has 9 heteroatoms. The number of hydrogen-bond acceptors (Lipinski definition) is 6. The van der Waals surface area contributed by atoms with Crippen molar-refractivity contribution in [2.24, 2.45) is 0 Å². The highest BCUT2D eigenvalue weighted by atomic mass is 32.2. The van der Waals surface area contributed by atoms with E-state index >= 15 is 0 Å². The SMILES string of the molecule is CC[C@@H](C)NC(=O)NC(=O)COC(=O)[C@@H]1CS[C@@]2(C)CCC(=O)N12. The molecular weight excluding hydrogens is 334 g/mol. The number of thioether (sulfide) groups is 1. The van der Waals surface area contributed by atoms with Crippen LogP contribution < -0.4 is 10.6 Å². The number of hydrogen-bond donors (Lipinski definition) is 2. The molecule has 0 radical (unpaired) electrons. The highest BCUT2D eigenvalue weighted by molar-refractivity contribution is 8.01. The fraction of sp³-hybridized carbons (Fsp3) is 0.733. The first-order valence-corrected chi connectivity index (χ1v) is 8.98. The predicted molar refractivity (Wildman–Crippen MR) is 88.1 cm³/mol. The van der Waals surface area contributed by atoms with Crippen molar-refractivity contribution in [3.8, 4) is 0 Å². The normalized spacial score (nSPS) is 26.7. The van der Waals surface area contributed by atoms with Crippen LogP contribution in [0.1, 0.15) is 40.0 Å². The van der Waals surface area contributed by atoms with Crippen LogP contribution in [-0.4, -0.2) is 58.0 Å². The highest BCUT2D eigenvalue weighted by Gasteiger charge is 2.53. The van der Waals surface area contributed by atoms with E-state index in [0.717, 1.165) is 6.42 Å². The number of amides is 4. The predicted octanol–water partition coefficient (Wildman–Crippen LogP) is 0.608. The Morgan fingerprint density at radius 2 is 2.17 bits per heavy atom. The summed E-state index contributed by atoms with van der Waals surface area (Å²) >= 11 is 1.55. The Bertz CT molecular complexity index is 555. The lowest BCUT2D eigenvalue weighted by molar-refractivity contribution is -0.156. The van der Waals surface area contributed by atoms with Gasteiger partial charge in [0.05, 0.1) is 4.87 Å². The lowest BCUT2D eigenvalue weighted by atomic mass is 10.2. The maximum absolute atomic E-state index is 12.2. The standard InChI is InChI=1S/C15H23N3O5S/c1-4-9(2)16-14(22)17-11(19)7-23-13(21)10-8-24-15(3)6-5-12(20)18(10)15/h9-10H,4-8H2,1-3H3,(H2,16,17,19,22)/t9-,10+,15+/m1/s1. The molecule has 2 aliphatic heterocycles. The molecule has 0 unspecified atom stereocenters. The largest absolute Gasteiger partial charge is 0.454 e. The molecule has 0 aromatic rings. The quantitative estimate of drug-likeness (QED) is 0.699. The van der Waals surface area contributed by atoms with Crippen LogP contribution in [0.4, 0.5) is 4.79 Å². The Morgan fingerprint density at radius 1 is 1.46 bits per heavy atom. The molecule has 134 valence electrons. The molecule has 0 bridgehead atoms. The van der Waals surface area contributed by atoms with Crippen molar-refractivity contribution in [2.45, 2.75) is 57.0 Å². The van der Waals surface area contributed by atoms with Crippen LogP contribution in [0.25, 0.3) is 0 Å². The second-order valence-corrected chi connectivity index (χ2v) is 7.71. The minimum absolute atomic E-state index is 0.0604. The first-order valence-electron chi connectivity index (χ1n) is 8.00. The molecule has 2 N–H and O–H groups in total. The molecule has 0 aliphatic carbocycles. The molecule has 2 aliphatic rings. The van der Waals surface area contributed by atoms with Gasteiger partial charge in [-0.3, -0.25) is 14.9 Å². The fourth-order valence-corrected chi connectivity index (χ4v) is 4.17. The fourth-order valence-electron chi connectivity index (χ4n) is 2.75. The number of nitrogens with zero attached hydrogens (tertiary/aromatic N) is 1. The number of esters is 1. The number of imide groups is 1. The van der Waals surface area contributed by atoms with Gasteiger partial charge >= 0.3 is 12.0 Å². The van der Waals surface area contributed by atoms with E-state index < -0.39 is 30.6 Å². The number of ether oxygens (including phenoxy) is 1. The van der Waals surface area contributed by atoms with Crippen molar-refractivity contribution in [1.29, 1.82) is 0 Å². The molecule has 8 nitrogen and oxygen atoms in total. The van der Waals surface area contributed by atoms with E-state index in [0.29, 0.717) is 18.6 Å². The number of nitrogens with one attached hydrogen (secondary N) is 2. The number of fused-ring (bicyclic) bond motifs is 1. The van der Waals surface area contributed by atoms with Gasteiger partial charge in [-0.05, 0) is 26.7 Å². The molecule has 2 rings (SSSR count). The van der Waals surface area contributed by atoms with Gasteiger partial charge in [-0.2, -0.15) is 0 Å². The van der Waals surface area contributed by atoms with E-state index in [9.17, 15) is 19.2 Å². The third kappa shape index (κ3) is 4.00. The van der Waals surface area contributed by atoms with Crippen LogP contribution >= 0.6 is 11.8 Å². The van der Waals surface area contributed by atoms with Gasteiger partial charge in [-0.25, -0.2) is 9.59 Å². The summed E-state index contributed by atoms with van der Waals surface area (Å²) < 4.78 is 4.98. The number of carbonyl (C=O) groups is 4. The van der Waals surface area contributed by atoms with Crippen molar-refractivity contribution < 1.29 is 23.9 Å². The zero-order valence-electron chi connectivity index (χ0n) is 14.1. The zero-order chi connectivity index (χ0) is 17.9. The summed E-state index contributed by atoms with van der Waals surface area (Å²) in [6, 6.07) is -1.35. The number of rotatable bonds is 5. The third-order valence-electron chi connectivity index (χ3n) is 4.31. The van der Waals surface area contributed by atoms with Gasteiger partial charge in [-0.15, -0.1) is 11.8 Å². The molecule has 0 aromatic carbocycles. The van der Waals surface area contributed by atoms with Crippen LogP contribution in [-0.2, 0) is 19.1 Å². The van der Waals surface area contributed by atoms with Crippen LogP contribution in [0, 0.1) is 0 Å². The Hall–Kier alpha value is -1.77. The second-order valence-electron chi connectivity index (χ2n) is 6.20. The molecule has 2 heterocycles. The summed E-state index contributed by atoms with van der Waals surface area (Å²) in [5.74, 6) is -0.928. The average Bonchev–Trinajstić information content (AvgIpc) is 3.01. The van der Waals surface area contributed by atoms with Crippen LogP contribution in [0.15, 0.2) is 0 Å². The first kappa shape index (κ1) is 18.6. The van der Waals surface area contributed by atoms with E-state index in [1.54, 1.807) is 16.7 Å². The van der Waals surface area contributed by atoms with Gasteiger partial charge in [0.2, 0.25) is 5.91 Å². The lowest BCUT2D eigenvalue weighted by Gasteiger charge is -2.29. The summed E-state index contributed by atoms with van der Waals surface area (Å²) in [6.45, 7) is 5.10. The average molecular weight is 357 g/mol. The minimum Gasteiger partial charge on any atom is -0.454 e. The molecule has 0 spiro atoms. The summed E-state index contributed by atoms with van der Waals surface area (Å²) in [5.41, 5.74) is 0.